The minimum absolute atomic E-state index is 0.106. The van der Waals surface area contributed by atoms with Crippen molar-refractivity contribution in [3.05, 3.63) is 107 Å². The van der Waals surface area contributed by atoms with Crippen molar-refractivity contribution in [2.75, 3.05) is 6.61 Å². The number of ether oxygens (including phenoxy) is 1. The molecule has 1 unspecified atom stereocenters. The van der Waals surface area contributed by atoms with Crippen molar-refractivity contribution in [2.24, 2.45) is 4.99 Å². The van der Waals surface area contributed by atoms with Crippen LogP contribution in [0.1, 0.15) is 31.0 Å². The zero-order chi connectivity index (χ0) is 23.7. The third kappa shape index (κ3) is 4.12. The molecule has 0 saturated carbocycles. The smallest absolute Gasteiger partial charge is 0.338 e. The van der Waals surface area contributed by atoms with Gasteiger partial charge >= 0.3 is 5.97 Å². The van der Waals surface area contributed by atoms with Crippen molar-refractivity contribution in [1.82, 2.24) is 4.57 Å². The second-order valence-corrected chi connectivity index (χ2v) is 8.18. The van der Waals surface area contributed by atoms with Gasteiger partial charge in [0.2, 0.25) is 0 Å². The lowest BCUT2D eigenvalue weighted by atomic mass is 9.95. The minimum Gasteiger partial charge on any atom is -0.463 e. The van der Waals surface area contributed by atoms with E-state index in [0.717, 1.165) is 11.3 Å². The second-order valence-electron chi connectivity index (χ2n) is 7.18. The maximum absolute atomic E-state index is 14.2. The summed E-state index contributed by atoms with van der Waals surface area (Å²) >= 11 is 1.05. The van der Waals surface area contributed by atoms with Gasteiger partial charge in [0.1, 0.15) is 5.82 Å². The summed E-state index contributed by atoms with van der Waals surface area (Å²) in [6.07, 6.45) is 1.42. The summed E-state index contributed by atoms with van der Waals surface area (Å²) in [6, 6.07) is 10.8. The van der Waals surface area contributed by atoms with E-state index in [-0.39, 0.29) is 28.0 Å². The highest BCUT2D eigenvalue weighted by Gasteiger charge is 2.34. The summed E-state index contributed by atoms with van der Waals surface area (Å²) in [7, 11) is 0. The van der Waals surface area contributed by atoms with Gasteiger partial charge in [-0.15, -0.1) is 0 Å². The standard InChI is InChI=1S/C23H18FN3O5S/c1-3-32-22(29)19-13(2)25-23-26(20(19)15-8-6-9-16(11-15)27(30)31)21(28)18(33-23)12-14-7-4-5-10-17(14)24/h4-12,20H,3H2,1-2H3/b18-12-. The molecular weight excluding hydrogens is 449 g/mol. The van der Waals surface area contributed by atoms with Gasteiger partial charge in [-0.1, -0.05) is 41.7 Å². The number of nitro benzene ring substituents is 1. The number of nitrogens with zero attached hydrogens (tertiary/aromatic N) is 3. The molecular formula is C23H18FN3O5S. The molecule has 0 spiro atoms. The SMILES string of the molecule is CCOC(=O)C1=C(C)N=c2s/c(=C\c3ccccc3F)c(=O)n2C1c1cccc([N+](=O)[O-])c1. The largest absolute Gasteiger partial charge is 0.463 e. The number of carbonyl (C=O) groups is 1. The van der Waals surface area contributed by atoms with Gasteiger partial charge in [0.25, 0.3) is 11.2 Å². The summed E-state index contributed by atoms with van der Waals surface area (Å²) < 4.78 is 20.9. The topological polar surface area (TPSA) is 104 Å². The van der Waals surface area contributed by atoms with Gasteiger partial charge in [0.05, 0.1) is 33.4 Å². The van der Waals surface area contributed by atoms with Gasteiger partial charge in [-0.05, 0) is 31.6 Å². The molecule has 168 valence electrons. The molecule has 0 saturated heterocycles. The Morgan fingerprint density at radius 1 is 1.30 bits per heavy atom. The van der Waals surface area contributed by atoms with Crippen LogP contribution < -0.4 is 14.9 Å². The van der Waals surface area contributed by atoms with Gasteiger partial charge in [0, 0.05) is 17.7 Å². The van der Waals surface area contributed by atoms with E-state index in [1.165, 1.54) is 34.9 Å². The Kier molecular flexibility index (Phi) is 6.01. The molecule has 0 N–H and O–H groups in total. The maximum atomic E-state index is 14.2. The molecule has 1 aromatic heterocycles. The van der Waals surface area contributed by atoms with Crippen molar-refractivity contribution in [3.63, 3.8) is 0 Å². The molecule has 8 nitrogen and oxygen atoms in total. The number of thiazole rings is 1. The van der Waals surface area contributed by atoms with E-state index in [2.05, 4.69) is 4.99 Å². The third-order valence-corrected chi connectivity index (χ3v) is 6.09. The minimum atomic E-state index is -0.983. The van der Waals surface area contributed by atoms with E-state index in [1.54, 1.807) is 38.1 Å². The second kappa shape index (κ2) is 8.91. The summed E-state index contributed by atoms with van der Waals surface area (Å²) in [5.74, 6) is -1.15. The molecule has 1 aliphatic rings. The number of allylic oxidation sites excluding steroid dienone is 1. The number of halogens is 1. The third-order valence-electron chi connectivity index (χ3n) is 5.11. The highest BCUT2D eigenvalue weighted by molar-refractivity contribution is 7.07. The van der Waals surface area contributed by atoms with Crippen LogP contribution in [0.5, 0.6) is 0 Å². The molecule has 4 rings (SSSR count). The first kappa shape index (κ1) is 22.3. The predicted octanol–water partition coefficient (Wildman–Crippen LogP) is 2.85. The number of hydrogen-bond donors (Lipinski definition) is 0. The van der Waals surface area contributed by atoms with Crippen LogP contribution in [0.3, 0.4) is 0 Å². The number of fused-ring (bicyclic) bond motifs is 1. The monoisotopic (exact) mass is 467 g/mol. The lowest BCUT2D eigenvalue weighted by Crippen LogP contribution is -2.40. The zero-order valence-electron chi connectivity index (χ0n) is 17.6. The van der Waals surface area contributed by atoms with E-state index in [1.807, 2.05) is 0 Å². The van der Waals surface area contributed by atoms with Crippen LogP contribution in [-0.4, -0.2) is 22.1 Å². The number of non-ortho nitro benzene ring substituents is 1. The van der Waals surface area contributed by atoms with Crippen LogP contribution in [0.4, 0.5) is 10.1 Å². The molecule has 1 atom stereocenters. The molecule has 0 aliphatic carbocycles. The normalized spacial score (nSPS) is 15.7. The molecule has 33 heavy (non-hydrogen) atoms. The maximum Gasteiger partial charge on any atom is 0.338 e. The fourth-order valence-corrected chi connectivity index (χ4v) is 4.69. The fourth-order valence-electron chi connectivity index (χ4n) is 3.65. The van der Waals surface area contributed by atoms with Crippen LogP contribution in [0.15, 0.2) is 69.6 Å². The van der Waals surface area contributed by atoms with E-state index in [9.17, 15) is 24.1 Å². The first-order chi connectivity index (χ1) is 15.8. The molecule has 0 radical (unpaired) electrons. The number of hydrogen-bond acceptors (Lipinski definition) is 7. The summed E-state index contributed by atoms with van der Waals surface area (Å²) in [5.41, 5.74) is 0.369. The molecule has 1 aliphatic heterocycles. The zero-order valence-corrected chi connectivity index (χ0v) is 18.5. The highest BCUT2D eigenvalue weighted by Crippen LogP contribution is 2.32. The average Bonchev–Trinajstić information content (AvgIpc) is 3.09. The lowest BCUT2D eigenvalue weighted by molar-refractivity contribution is -0.384. The van der Waals surface area contributed by atoms with Gasteiger partial charge in [0.15, 0.2) is 4.80 Å². The van der Waals surface area contributed by atoms with E-state index in [4.69, 9.17) is 4.74 Å². The van der Waals surface area contributed by atoms with Crippen molar-refractivity contribution in [1.29, 1.82) is 0 Å². The van der Waals surface area contributed by atoms with Gasteiger partial charge in [-0.2, -0.15) is 0 Å². The summed E-state index contributed by atoms with van der Waals surface area (Å²) in [4.78, 5) is 41.8. The predicted molar refractivity (Wildman–Crippen MR) is 120 cm³/mol. The first-order valence-corrected chi connectivity index (χ1v) is 10.8. The van der Waals surface area contributed by atoms with Gasteiger partial charge < -0.3 is 4.74 Å². The summed E-state index contributed by atoms with van der Waals surface area (Å²) in [5, 5.41) is 11.3. The van der Waals surface area contributed by atoms with Crippen LogP contribution in [-0.2, 0) is 9.53 Å². The Labute approximate surface area is 190 Å². The highest BCUT2D eigenvalue weighted by atomic mass is 32.1. The number of esters is 1. The Bertz CT molecular complexity index is 1490. The quantitative estimate of drug-likeness (QED) is 0.326. The van der Waals surface area contributed by atoms with Crippen molar-refractivity contribution in [2.45, 2.75) is 19.9 Å². The molecule has 0 fully saturated rings. The number of rotatable bonds is 5. The van der Waals surface area contributed by atoms with Crippen LogP contribution in [0.25, 0.3) is 6.08 Å². The van der Waals surface area contributed by atoms with E-state index in [0.29, 0.717) is 16.1 Å². The molecule has 0 amide bonds. The Morgan fingerprint density at radius 2 is 2.06 bits per heavy atom. The van der Waals surface area contributed by atoms with E-state index >= 15 is 0 Å². The van der Waals surface area contributed by atoms with Crippen molar-refractivity contribution >= 4 is 29.1 Å². The van der Waals surface area contributed by atoms with Gasteiger partial charge in [-0.3, -0.25) is 19.5 Å². The molecule has 3 aromatic rings. The van der Waals surface area contributed by atoms with E-state index < -0.39 is 28.3 Å². The first-order valence-electron chi connectivity index (χ1n) is 10.0. The van der Waals surface area contributed by atoms with Crippen LogP contribution in [0, 0.1) is 15.9 Å². The molecule has 10 heteroatoms. The number of aromatic nitrogens is 1. The van der Waals surface area contributed by atoms with Crippen molar-refractivity contribution in [3.8, 4) is 0 Å². The lowest BCUT2D eigenvalue weighted by Gasteiger charge is -2.24. The molecule has 2 aromatic carbocycles. The van der Waals surface area contributed by atoms with Crippen molar-refractivity contribution < 1.29 is 18.8 Å². The Balaban J connectivity index is 1.99. The molecule has 0 bridgehead atoms. The molecule has 2 heterocycles. The summed E-state index contributed by atoms with van der Waals surface area (Å²) in [6.45, 7) is 3.37. The fraction of sp³-hybridized carbons (Fsp3) is 0.174. The number of benzene rings is 2. The van der Waals surface area contributed by atoms with Crippen LogP contribution >= 0.6 is 11.3 Å². The number of nitro groups is 1. The number of carbonyl (C=O) groups excluding carboxylic acids is 1. The Hall–Kier alpha value is -3.92. The van der Waals surface area contributed by atoms with Gasteiger partial charge in [-0.25, -0.2) is 14.2 Å². The van der Waals surface area contributed by atoms with Crippen LogP contribution in [0.2, 0.25) is 0 Å². The Morgan fingerprint density at radius 3 is 2.76 bits per heavy atom. The average molecular weight is 467 g/mol.